The SMILES string of the molecule is CCNC(=NCC(=O)NC1CC1)NC1CCN(c2ccccc2OC)C1. The molecule has 1 aromatic carbocycles. The minimum absolute atomic E-state index is 0.00762. The number of aliphatic imine (C=N–C) groups is 1. The Hall–Kier alpha value is -2.44. The van der Waals surface area contributed by atoms with Gasteiger partial charge in [0.1, 0.15) is 12.3 Å². The summed E-state index contributed by atoms with van der Waals surface area (Å²) in [5.74, 6) is 1.59. The van der Waals surface area contributed by atoms with Crippen LogP contribution in [0.1, 0.15) is 26.2 Å². The molecule has 1 unspecified atom stereocenters. The molecule has 0 spiro atoms. The molecule has 2 aliphatic rings. The third-order valence-corrected chi connectivity index (χ3v) is 4.62. The number of benzene rings is 1. The summed E-state index contributed by atoms with van der Waals surface area (Å²) in [5, 5.41) is 9.64. The lowest BCUT2D eigenvalue weighted by atomic mass is 10.2. The number of carbonyl (C=O) groups is 1. The van der Waals surface area contributed by atoms with Crippen molar-refractivity contribution < 1.29 is 9.53 Å². The zero-order chi connectivity index (χ0) is 18.4. The summed E-state index contributed by atoms with van der Waals surface area (Å²) in [4.78, 5) is 18.6. The van der Waals surface area contributed by atoms with Gasteiger partial charge in [-0.1, -0.05) is 12.1 Å². The van der Waals surface area contributed by atoms with Crippen LogP contribution < -0.4 is 25.6 Å². The van der Waals surface area contributed by atoms with Gasteiger partial charge in [-0.05, 0) is 38.3 Å². The van der Waals surface area contributed by atoms with Gasteiger partial charge in [-0.15, -0.1) is 0 Å². The average Bonchev–Trinajstić information content (AvgIpc) is 3.34. The Morgan fingerprint density at radius 2 is 2.04 bits per heavy atom. The van der Waals surface area contributed by atoms with E-state index in [-0.39, 0.29) is 18.5 Å². The van der Waals surface area contributed by atoms with Crippen LogP contribution in [-0.4, -0.2) is 57.2 Å². The standard InChI is InChI=1S/C19H29N5O2/c1-3-20-19(21-12-18(25)22-14-8-9-14)23-15-10-11-24(13-15)16-6-4-5-7-17(16)26-2/h4-7,14-15H,3,8-13H2,1-2H3,(H,22,25)(H2,20,21,23). The van der Waals surface area contributed by atoms with Crippen LogP contribution in [0, 0.1) is 0 Å². The highest BCUT2D eigenvalue weighted by Crippen LogP contribution is 2.30. The Bertz CT molecular complexity index is 645. The van der Waals surface area contributed by atoms with Crippen LogP contribution in [0.15, 0.2) is 29.3 Å². The molecule has 1 atom stereocenters. The van der Waals surface area contributed by atoms with Crippen molar-refractivity contribution in [3.8, 4) is 5.75 Å². The number of ether oxygens (including phenoxy) is 1. The summed E-state index contributed by atoms with van der Waals surface area (Å²) in [6.45, 7) is 4.78. The number of rotatable bonds is 7. The fraction of sp³-hybridized carbons (Fsp3) is 0.579. The Balaban J connectivity index is 1.55. The molecule has 1 heterocycles. The van der Waals surface area contributed by atoms with Gasteiger partial charge in [0.15, 0.2) is 5.96 Å². The highest BCUT2D eigenvalue weighted by Gasteiger charge is 2.26. The zero-order valence-corrected chi connectivity index (χ0v) is 15.6. The third kappa shape index (κ3) is 5.03. The quantitative estimate of drug-likeness (QED) is 0.502. The van der Waals surface area contributed by atoms with Crippen LogP contribution in [0.25, 0.3) is 0 Å². The Morgan fingerprint density at radius 3 is 2.77 bits per heavy atom. The molecule has 1 saturated carbocycles. The molecule has 0 bridgehead atoms. The van der Waals surface area contributed by atoms with Gasteiger partial charge in [-0.3, -0.25) is 4.79 Å². The van der Waals surface area contributed by atoms with Crippen LogP contribution in [0.3, 0.4) is 0 Å². The molecule has 2 fully saturated rings. The minimum Gasteiger partial charge on any atom is -0.495 e. The molecule has 26 heavy (non-hydrogen) atoms. The number of amides is 1. The average molecular weight is 359 g/mol. The number of para-hydroxylation sites is 2. The van der Waals surface area contributed by atoms with Crippen molar-refractivity contribution in [1.82, 2.24) is 16.0 Å². The van der Waals surface area contributed by atoms with Crippen LogP contribution in [-0.2, 0) is 4.79 Å². The number of nitrogens with zero attached hydrogens (tertiary/aromatic N) is 2. The molecule has 142 valence electrons. The molecule has 7 nitrogen and oxygen atoms in total. The summed E-state index contributed by atoms with van der Waals surface area (Å²) in [6, 6.07) is 8.74. The first kappa shape index (κ1) is 18.4. The summed E-state index contributed by atoms with van der Waals surface area (Å²) in [6.07, 6.45) is 3.19. The van der Waals surface area contributed by atoms with E-state index in [2.05, 4.69) is 31.9 Å². The molecule has 1 saturated heterocycles. The number of nitrogens with one attached hydrogen (secondary N) is 3. The first-order valence-electron chi connectivity index (χ1n) is 9.41. The van der Waals surface area contributed by atoms with E-state index in [0.29, 0.717) is 12.0 Å². The number of hydrogen-bond acceptors (Lipinski definition) is 4. The van der Waals surface area contributed by atoms with Crippen LogP contribution in [0.4, 0.5) is 5.69 Å². The smallest absolute Gasteiger partial charge is 0.242 e. The van der Waals surface area contributed by atoms with Crippen LogP contribution in [0.2, 0.25) is 0 Å². The van der Waals surface area contributed by atoms with E-state index in [1.165, 1.54) is 0 Å². The molecule has 3 rings (SSSR count). The van der Waals surface area contributed by atoms with Gasteiger partial charge in [-0.25, -0.2) is 4.99 Å². The predicted octanol–water partition coefficient (Wildman–Crippen LogP) is 1.11. The summed E-state index contributed by atoms with van der Waals surface area (Å²) >= 11 is 0. The van der Waals surface area contributed by atoms with Gasteiger partial charge in [0.05, 0.1) is 12.8 Å². The second-order valence-corrected chi connectivity index (χ2v) is 6.78. The van der Waals surface area contributed by atoms with Crippen LogP contribution >= 0.6 is 0 Å². The van der Waals surface area contributed by atoms with Gasteiger partial charge >= 0.3 is 0 Å². The third-order valence-electron chi connectivity index (χ3n) is 4.62. The van der Waals surface area contributed by atoms with Gasteiger partial charge < -0.3 is 25.6 Å². The number of hydrogen-bond donors (Lipinski definition) is 3. The maximum atomic E-state index is 11.9. The van der Waals surface area contributed by atoms with Crippen LogP contribution in [0.5, 0.6) is 5.75 Å². The van der Waals surface area contributed by atoms with Crippen molar-refractivity contribution in [2.75, 3.05) is 38.2 Å². The number of methoxy groups -OCH3 is 1. The lowest BCUT2D eigenvalue weighted by molar-refractivity contribution is -0.119. The number of carbonyl (C=O) groups excluding carboxylic acids is 1. The normalized spacial score (nSPS) is 20.0. The second kappa shape index (κ2) is 8.78. The molecule has 7 heteroatoms. The highest BCUT2D eigenvalue weighted by molar-refractivity contribution is 5.85. The van der Waals surface area contributed by atoms with Gasteiger partial charge in [0, 0.05) is 31.7 Å². The van der Waals surface area contributed by atoms with Crippen molar-refractivity contribution in [3.05, 3.63) is 24.3 Å². The Labute approximate surface area is 155 Å². The highest BCUT2D eigenvalue weighted by atomic mass is 16.5. The minimum atomic E-state index is -0.00762. The fourth-order valence-corrected chi connectivity index (χ4v) is 3.15. The van der Waals surface area contributed by atoms with Crippen molar-refractivity contribution in [2.24, 2.45) is 4.99 Å². The molecule has 0 radical (unpaired) electrons. The molecule has 1 aliphatic heterocycles. The number of anilines is 1. The summed E-state index contributed by atoms with van der Waals surface area (Å²) < 4.78 is 5.47. The van der Waals surface area contributed by atoms with Gasteiger partial charge in [0.25, 0.3) is 0 Å². The molecule has 0 aromatic heterocycles. The topological polar surface area (TPSA) is 78.0 Å². The van der Waals surface area contributed by atoms with Crippen molar-refractivity contribution >= 4 is 17.6 Å². The van der Waals surface area contributed by atoms with E-state index in [9.17, 15) is 4.79 Å². The Kier molecular flexibility index (Phi) is 6.20. The molecular weight excluding hydrogens is 330 g/mol. The lowest BCUT2D eigenvalue weighted by Gasteiger charge is -2.22. The van der Waals surface area contributed by atoms with E-state index >= 15 is 0 Å². The van der Waals surface area contributed by atoms with E-state index in [1.54, 1.807) is 7.11 Å². The maximum absolute atomic E-state index is 11.9. The largest absolute Gasteiger partial charge is 0.495 e. The predicted molar refractivity (Wildman–Crippen MR) is 104 cm³/mol. The van der Waals surface area contributed by atoms with Crippen molar-refractivity contribution in [3.63, 3.8) is 0 Å². The van der Waals surface area contributed by atoms with Gasteiger partial charge in [0.2, 0.25) is 5.91 Å². The molecule has 3 N–H and O–H groups in total. The van der Waals surface area contributed by atoms with E-state index in [0.717, 1.165) is 50.3 Å². The molecular formula is C19H29N5O2. The van der Waals surface area contributed by atoms with Crippen molar-refractivity contribution in [2.45, 2.75) is 38.3 Å². The zero-order valence-electron chi connectivity index (χ0n) is 15.6. The first-order valence-corrected chi connectivity index (χ1v) is 9.41. The molecule has 1 aromatic rings. The van der Waals surface area contributed by atoms with E-state index in [4.69, 9.17) is 4.74 Å². The Morgan fingerprint density at radius 1 is 1.23 bits per heavy atom. The van der Waals surface area contributed by atoms with Crippen molar-refractivity contribution in [1.29, 1.82) is 0 Å². The second-order valence-electron chi connectivity index (χ2n) is 6.78. The lowest BCUT2D eigenvalue weighted by Crippen LogP contribution is -2.45. The molecule has 1 amide bonds. The van der Waals surface area contributed by atoms with E-state index in [1.807, 2.05) is 25.1 Å². The van der Waals surface area contributed by atoms with Gasteiger partial charge in [-0.2, -0.15) is 0 Å². The van der Waals surface area contributed by atoms with E-state index < -0.39 is 0 Å². The summed E-state index contributed by atoms with van der Waals surface area (Å²) in [5.41, 5.74) is 1.12. The monoisotopic (exact) mass is 359 g/mol. The molecule has 1 aliphatic carbocycles. The fourth-order valence-electron chi connectivity index (χ4n) is 3.15. The summed E-state index contributed by atoms with van der Waals surface area (Å²) in [7, 11) is 1.70. The first-order chi connectivity index (χ1) is 12.7. The number of guanidine groups is 1. The maximum Gasteiger partial charge on any atom is 0.242 e.